The summed E-state index contributed by atoms with van der Waals surface area (Å²) in [5.74, 6) is 0.381. The Bertz CT molecular complexity index is 1100. The van der Waals surface area contributed by atoms with E-state index in [0.717, 1.165) is 5.56 Å². The number of nitrogens with one attached hydrogen (secondary N) is 2. The van der Waals surface area contributed by atoms with Crippen LogP contribution in [0.15, 0.2) is 40.9 Å². The molecule has 4 N–H and O–H groups in total. The Morgan fingerprint density at radius 2 is 1.94 bits per heavy atom. The van der Waals surface area contributed by atoms with Crippen LogP contribution in [0.25, 0.3) is 11.0 Å². The summed E-state index contributed by atoms with van der Waals surface area (Å²) in [5, 5.41) is 3.20. The van der Waals surface area contributed by atoms with Crippen LogP contribution in [-0.2, 0) is 9.57 Å². The van der Waals surface area contributed by atoms with Crippen molar-refractivity contribution in [2.75, 3.05) is 24.3 Å². The molecule has 3 aromatic rings. The van der Waals surface area contributed by atoms with Gasteiger partial charge in [0.15, 0.2) is 0 Å². The molecule has 1 aromatic carbocycles. The molecule has 2 amide bonds. The molecule has 3 rings (SSSR count). The van der Waals surface area contributed by atoms with Crippen molar-refractivity contribution in [3.8, 4) is 5.75 Å². The number of rotatable bonds is 7. The number of nitrogens with zero attached hydrogens (tertiary/aromatic N) is 1. The molecule has 2 aromatic heterocycles. The number of hydrogen-bond acceptors (Lipinski definition) is 8. The fraction of sp³-hybridized carbons (Fsp3) is 0.318. The second-order valence-corrected chi connectivity index (χ2v) is 7.98. The van der Waals surface area contributed by atoms with Gasteiger partial charge in [-0.2, -0.15) is 5.48 Å². The Hall–Kier alpha value is -3.79. The lowest BCUT2D eigenvalue weighted by Gasteiger charge is -2.19. The van der Waals surface area contributed by atoms with Crippen LogP contribution in [0, 0.1) is 6.92 Å². The number of fused-ring (bicyclic) bond motifs is 1. The minimum absolute atomic E-state index is 0.00980. The lowest BCUT2D eigenvalue weighted by Crippen LogP contribution is -2.33. The number of amides is 2. The predicted octanol–water partition coefficient (Wildman–Crippen LogP) is 3.81. The Balaban J connectivity index is 1.56. The molecule has 10 heteroatoms. The molecule has 0 aliphatic rings. The highest BCUT2D eigenvalue weighted by Crippen LogP contribution is 2.31. The summed E-state index contributed by atoms with van der Waals surface area (Å²) in [6.07, 6.45) is 0.963. The molecular formula is C22H26N4O6. The van der Waals surface area contributed by atoms with Crippen molar-refractivity contribution in [3.05, 3.63) is 47.9 Å². The Kier molecular flexibility index (Phi) is 6.84. The number of nitrogens with two attached hydrogens (primary N) is 1. The fourth-order valence-corrected chi connectivity index (χ4v) is 2.68. The van der Waals surface area contributed by atoms with Crippen molar-refractivity contribution in [1.82, 2.24) is 10.5 Å². The lowest BCUT2D eigenvalue weighted by atomic mass is 10.2. The molecule has 0 radical (unpaired) electrons. The molecule has 10 nitrogen and oxygen atoms in total. The minimum atomic E-state index is -0.684. The first-order valence-corrected chi connectivity index (χ1v) is 9.92. The average Bonchev–Trinajstić information content (AvgIpc) is 3.04. The molecule has 0 aliphatic carbocycles. The summed E-state index contributed by atoms with van der Waals surface area (Å²) in [7, 11) is 0. The number of furan rings is 1. The van der Waals surface area contributed by atoms with Crippen molar-refractivity contribution in [1.29, 1.82) is 0 Å². The Morgan fingerprint density at radius 3 is 2.62 bits per heavy atom. The van der Waals surface area contributed by atoms with Crippen molar-refractivity contribution in [2.24, 2.45) is 0 Å². The number of pyridine rings is 1. The molecular weight excluding hydrogens is 416 g/mol. The van der Waals surface area contributed by atoms with Crippen LogP contribution in [0.1, 0.15) is 36.9 Å². The fourth-order valence-electron chi connectivity index (χ4n) is 2.68. The number of ether oxygens (including phenoxy) is 2. The number of carbonyl (C=O) groups is 2. The summed E-state index contributed by atoms with van der Waals surface area (Å²) in [4.78, 5) is 33.2. The molecule has 170 valence electrons. The van der Waals surface area contributed by atoms with Gasteiger partial charge in [-0.3, -0.25) is 9.63 Å². The molecule has 2 heterocycles. The summed E-state index contributed by atoms with van der Waals surface area (Å²) in [6.45, 7) is 7.41. The van der Waals surface area contributed by atoms with Gasteiger partial charge in [0.2, 0.25) is 5.76 Å². The van der Waals surface area contributed by atoms with Gasteiger partial charge in [-0.25, -0.2) is 9.78 Å². The standard InChI is InChI=1S/C22H26N4O6/c1-13-5-8-17(24-12-13)25-20(27)19-18(23)15-11-14(6-7-16(15)31-19)29-9-10-30-26-21(28)32-22(2,3)4/h5-8,11-12H,9-10,23H2,1-4H3,(H,26,28)(H,24,25,27). The number of aryl methyl sites for hydroxylation is 1. The molecule has 0 saturated heterocycles. The zero-order chi connectivity index (χ0) is 23.3. The van der Waals surface area contributed by atoms with E-state index in [1.165, 1.54) is 0 Å². The van der Waals surface area contributed by atoms with Gasteiger partial charge in [0, 0.05) is 11.6 Å². The van der Waals surface area contributed by atoms with Gasteiger partial charge in [0.1, 0.15) is 36.0 Å². The van der Waals surface area contributed by atoms with Gasteiger partial charge in [0.25, 0.3) is 5.91 Å². The Morgan fingerprint density at radius 1 is 1.16 bits per heavy atom. The van der Waals surface area contributed by atoms with Gasteiger partial charge in [-0.15, -0.1) is 0 Å². The van der Waals surface area contributed by atoms with Crippen molar-refractivity contribution >= 4 is 34.5 Å². The monoisotopic (exact) mass is 442 g/mol. The maximum absolute atomic E-state index is 12.5. The number of nitrogen functional groups attached to an aromatic ring is 1. The minimum Gasteiger partial charge on any atom is -0.491 e. The van der Waals surface area contributed by atoms with Crippen molar-refractivity contribution in [3.63, 3.8) is 0 Å². The zero-order valence-electron chi connectivity index (χ0n) is 18.4. The third-order valence-corrected chi connectivity index (χ3v) is 4.07. The zero-order valence-corrected chi connectivity index (χ0v) is 18.4. The second kappa shape index (κ2) is 9.56. The summed E-state index contributed by atoms with van der Waals surface area (Å²) in [5.41, 5.74) is 9.31. The molecule has 32 heavy (non-hydrogen) atoms. The van der Waals surface area contributed by atoms with Gasteiger partial charge >= 0.3 is 6.09 Å². The largest absolute Gasteiger partial charge is 0.491 e. The topological polar surface area (TPSA) is 138 Å². The maximum Gasteiger partial charge on any atom is 0.431 e. The summed E-state index contributed by atoms with van der Waals surface area (Å²) in [6, 6.07) is 8.52. The molecule has 0 spiro atoms. The lowest BCUT2D eigenvalue weighted by molar-refractivity contribution is -0.0144. The normalized spacial score (nSPS) is 11.2. The van der Waals surface area contributed by atoms with Crippen LogP contribution in [0.2, 0.25) is 0 Å². The highest BCUT2D eigenvalue weighted by molar-refractivity contribution is 6.10. The highest BCUT2D eigenvalue weighted by Gasteiger charge is 2.20. The van der Waals surface area contributed by atoms with Crippen LogP contribution in [-0.4, -0.2) is 35.8 Å². The van der Waals surface area contributed by atoms with Gasteiger partial charge in [-0.1, -0.05) is 6.07 Å². The van der Waals surface area contributed by atoms with E-state index in [-0.39, 0.29) is 24.7 Å². The predicted molar refractivity (Wildman–Crippen MR) is 118 cm³/mol. The first kappa shape index (κ1) is 22.9. The number of hydrogen-bond donors (Lipinski definition) is 3. The molecule has 0 fully saturated rings. The van der Waals surface area contributed by atoms with Gasteiger partial charge in [-0.05, 0) is 57.5 Å². The van der Waals surface area contributed by atoms with E-state index >= 15 is 0 Å². The second-order valence-electron chi connectivity index (χ2n) is 7.98. The quantitative estimate of drug-likeness (QED) is 0.371. The van der Waals surface area contributed by atoms with E-state index in [2.05, 4.69) is 15.8 Å². The van der Waals surface area contributed by atoms with Crippen LogP contribution < -0.4 is 21.3 Å². The smallest absolute Gasteiger partial charge is 0.431 e. The Labute approximate surface area is 185 Å². The summed E-state index contributed by atoms with van der Waals surface area (Å²) < 4.78 is 16.3. The molecule has 0 bridgehead atoms. The van der Waals surface area contributed by atoms with E-state index in [4.69, 9.17) is 24.5 Å². The number of aromatic nitrogens is 1. The van der Waals surface area contributed by atoms with Crippen molar-refractivity contribution in [2.45, 2.75) is 33.3 Å². The van der Waals surface area contributed by atoms with E-state index in [1.54, 1.807) is 51.2 Å². The number of carbonyl (C=O) groups excluding carboxylic acids is 2. The van der Waals surface area contributed by atoms with E-state index in [0.29, 0.717) is 22.5 Å². The third-order valence-electron chi connectivity index (χ3n) is 4.07. The highest BCUT2D eigenvalue weighted by atomic mass is 16.7. The third kappa shape index (κ3) is 6.11. The van der Waals surface area contributed by atoms with E-state index in [9.17, 15) is 9.59 Å². The maximum atomic E-state index is 12.5. The van der Waals surface area contributed by atoms with Crippen molar-refractivity contribution < 1.29 is 28.3 Å². The SMILES string of the molecule is Cc1ccc(NC(=O)c2oc3ccc(OCCONC(=O)OC(C)(C)C)cc3c2N)nc1. The molecule has 0 unspecified atom stereocenters. The summed E-state index contributed by atoms with van der Waals surface area (Å²) >= 11 is 0. The number of hydroxylamine groups is 1. The van der Waals surface area contributed by atoms with Gasteiger partial charge in [0.05, 0.1) is 5.69 Å². The van der Waals surface area contributed by atoms with Gasteiger partial charge < -0.3 is 24.9 Å². The van der Waals surface area contributed by atoms with Crippen LogP contribution >= 0.6 is 0 Å². The van der Waals surface area contributed by atoms with Crippen LogP contribution in [0.3, 0.4) is 0 Å². The number of benzene rings is 1. The van der Waals surface area contributed by atoms with Crippen LogP contribution in [0.4, 0.5) is 16.3 Å². The van der Waals surface area contributed by atoms with Crippen LogP contribution in [0.5, 0.6) is 5.75 Å². The molecule has 0 aliphatic heterocycles. The van der Waals surface area contributed by atoms with E-state index in [1.807, 2.05) is 13.0 Å². The molecule has 0 atom stereocenters. The number of anilines is 2. The first-order valence-electron chi connectivity index (χ1n) is 9.92. The van der Waals surface area contributed by atoms with E-state index < -0.39 is 17.6 Å². The molecule has 0 saturated carbocycles. The average molecular weight is 442 g/mol. The first-order chi connectivity index (χ1) is 15.1.